The number of hydrogen-bond donors (Lipinski definition) is 5. The first-order valence-electron chi connectivity index (χ1n) is 5.20. The summed E-state index contributed by atoms with van der Waals surface area (Å²) in [7, 11) is 0. The fourth-order valence-electron chi connectivity index (χ4n) is 1.96. The Morgan fingerprint density at radius 1 is 1.41 bits per heavy atom. The predicted molar refractivity (Wildman–Crippen MR) is 60.5 cm³/mol. The largest absolute Gasteiger partial charge is 0.480 e. The Balaban J connectivity index is 2.61. The zero-order valence-corrected chi connectivity index (χ0v) is 9.56. The van der Waals surface area contributed by atoms with Gasteiger partial charge in [0.25, 0.3) is 0 Å². The van der Waals surface area contributed by atoms with Gasteiger partial charge in [-0.15, -0.1) is 0 Å². The minimum Gasteiger partial charge on any atom is -0.480 e. The molecule has 17 heavy (non-hydrogen) atoms. The molecule has 0 aromatic heterocycles. The summed E-state index contributed by atoms with van der Waals surface area (Å²) in [4.78, 5) is 23.3. The molecule has 1 aliphatic rings. The number of amides is 1. The number of likely N-dealkylation sites (tertiary alicyclic amines) is 1. The molecular formula is C9H17N5O3. The lowest BCUT2D eigenvalue weighted by Crippen LogP contribution is -2.52. The molecule has 1 rings (SSSR count). The van der Waals surface area contributed by atoms with E-state index in [1.165, 1.54) is 6.92 Å². The first-order valence-corrected chi connectivity index (χ1v) is 5.20. The number of aliphatic carboxylic acids is 1. The highest BCUT2D eigenvalue weighted by atomic mass is 16.4. The number of guanidine groups is 1. The molecule has 0 bridgehead atoms. The fraction of sp³-hybridized carbons (Fsp3) is 0.667. The number of carbonyl (C=O) groups is 2. The van der Waals surface area contributed by atoms with Crippen molar-refractivity contribution in [1.82, 2.24) is 15.5 Å². The van der Waals surface area contributed by atoms with Gasteiger partial charge in [-0.1, -0.05) is 0 Å². The summed E-state index contributed by atoms with van der Waals surface area (Å²) in [6.45, 7) is 2.16. The molecule has 0 aliphatic carbocycles. The third kappa shape index (κ3) is 4.27. The quantitative estimate of drug-likeness (QED) is 0.280. The molecule has 0 unspecified atom stereocenters. The van der Waals surface area contributed by atoms with Gasteiger partial charge >= 0.3 is 5.97 Å². The molecule has 0 aromatic carbocycles. The van der Waals surface area contributed by atoms with E-state index in [-0.39, 0.29) is 30.5 Å². The van der Waals surface area contributed by atoms with Crippen molar-refractivity contribution < 1.29 is 14.7 Å². The second kappa shape index (κ2) is 5.48. The minimum atomic E-state index is -0.921. The third-order valence-corrected chi connectivity index (χ3v) is 2.48. The summed E-state index contributed by atoms with van der Waals surface area (Å²) in [6, 6.07) is -0.480. The van der Waals surface area contributed by atoms with Crippen LogP contribution in [-0.2, 0) is 9.59 Å². The van der Waals surface area contributed by atoms with E-state index < -0.39 is 5.97 Å². The summed E-state index contributed by atoms with van der Waals surface area (Å²) < 4.78 is 0. The van der Waals surface area contributed by atoms with Gasteiger partial charge < -0.3 is 21.5 Å². The van der Waals surface area contributed by atoms with Crippen molar-refractivity contribution in [2.75, 3.05) is 19.6 Å². The molecule has 1 aliphatic heterocycles. The van der Waals surface area contributed by atoms with Gasteiger partial charge in [0.15, 0.2) is 5.96 Å². The maximum Gasteiger partial charge on any atom is 0.317 e. The van der Waals surface area contributed by atoms with Gasteiger partial charge in [-0.25, -0.2) is 0 Å². The highest BCUT2D eigenvalue weighted by Crippen LogP contribution is 2.09. The van der Waals surface area contributed by atoms with Crippen LogP contribution in [0.5, 0.6) is 0 Å². The molecule has 0 radical (unpaired) electrons. The number of carboxylic acids is 1. The van der Waals surface area contributed by atoms with Gasteiger partial charge in [0.2, 0.25) is 5.91 Å². The van der Waals surface area contributed by atoms with Gasteiger partial charge in [-0.2, -0.15) is 0 Å². The van der Waals surface area contributed by atoms with Crippen molar-refractivity contribution in [3.8, 4) is 0 Å². The lowest BCUT2D eigenvalue weighted by molar-refractivity contribution is -0.138. The second-order valence-corrected chi connectivity index (χ2v) is 4.06. The molecule has 1 amide bonds. The molecule has 96 valence electrons. The van der Waals surface area contributed by atoms with E-state index in [1.54, 1.807) is 4.90 Å². The standard InChI is InChI=1S/C9H17N5O3/c1-5(15)12-6-2-14(4-8(16)17)3-7(6)13-9(10)11/h6-7H,2-4H2,1H3,(H,12,15)(H,16,17)(H4,10,11,13)/t6-,7+/m0/s1. The Hall–Kier alpha value is -1.83. The molecule has 1 heterocycles. The zero-order chi connectivity index (χ0) is 13.0. The van der Waals surface area contributed by atoms with Crippen molar-refractivity contribution >= 4 is 17.8 Å². The van der Waals surface area contributed by atoms with Crippen LogP contribution in [0.4, 0.5) is 0 Å². The molecule has 8 nitrogen and oxygen atoms in total. The lowest BCUT2D eigenvalue weighted by atomic mass is 10.2. The van der Waals surface area contributed by atoms with E-state index in [4.69, 9.17) is 16.2 Å². The summed E-state index contributed by atoms with van der Waals surface area (Å²) >= 11 is 0. The van der Waals surface area contributed by atoms with Crippen molar-refractivity contribution in [3.63, 3.8) is 0 Å². The number of nitrogens with two attached hydrogens (primary N) is 1. The lowest BCUT2D eigenvalue weighted by Gasteiger charge is -2.20. The highest BCUT2D eigenvalue weighted by molar-refractivity contribution is 5.76. The van der Waals surface area contributed by atoms with Gasteiger partial charge in [-0.3, -0.25) is 19.9 Å². The normalized spacial score (nSPS) is 24.3. The zero-order valence-electron chi connectivity index (χ0n) is 9.56. The topological polar surface area (TPSA) is 132 Å². The molecule has 0 saturated carbocycles. The van der Waals surface area contributed by atoms with Crippen molar-refractivity contribution in [1.29, 1.82) is 5.41 Å². The van der Waals surface area contributed by atoms with Crippen LogP contribution >= 0.6 is 0 Å². The molecule has 2 atom stereocenters. The van der Waals surface area contributed by atoms with Gasteiger partial charge in [0.05, 0.1) is 18.6 Å². The predicted octanol–water partition coefficient (Wildman–Crippen LogP) is -2.26. The van der Waals surface area contributed by atoms with E-state index in [2.05, 4.69) is 10.6 Å². The number of rotatable bonds is 4. The number of hydrogen-bond acceptors (Lipinski definition) is 4. The minimum absolute atomic E-state index is 0.0911. The molecule has 0 aromatic rings. The Bertz CT molecular complexity index is 309. The summed E-state index contributed by atoms with van der Waals surface area (Å²) in [5.74, 6) is -1.31. The van der Waals surface area contributed by atoms with E-state index in [1.807, 2.05) is 0 Å². The fourth-order valence-corrected chi connectivity index (χ4v) is 1.96. The molecular weight excluding hydrogens is 226 g/mol. The van der Waals surface area contributed by atoms with E-state index >= 15 is 0 Å². The molecule has 0 spiro atoms. The maximum absolute atomic E-state index is 11.0. The number of carbonyl (C=O) groups excluding carboxylic acids is 1. The molecule has 6 N–H and O–H groups in total. The number of nitrogens with zero attached hydrogens (tertiary/aromatic N) is 1. The van der Waals surface area contributed by atoms with Crippen molar-refractivity contribution in [2.24, 2.45) is 5.73 Å². The van der Waals surface area contributed by atoms with E-state index in [9.17, 15) is 9.59 Å². The van der Waals surface area contributed by atoms with Crippen LogP contribution in [-0.4, -0.2) is 59.6 Å². The van der Waals surface area contributed by atoms with Gasteiger partial charge in [-0.05, 0) is 0 Å². The first kappa shape index (κ1) is 13.2. The van der Waals surface area contributed by atoms with Crippen LogP contribution in [0.15, 0.2) is 0 Å². The summed E-state index contributed by atoms with van der Waals surface area (Å²) in [5.41, 5.74) is 5.24. The van der Waals surface area contributed by atoms with Crippen molar-refractivity contribution in [3.05, 3.63) is 0 Å². The Morgan fingerprint density at radius 3 is 2.35 bits per heavy atom. The van der Waals surface area contributed by atoms with E-state index in [0.717, 1.165) is 0 Å². The van der Waals surface area contributed by atoms with Gasteiger partial charge in [0.1, 0.15) is 0 Å². The van der Waals surface area contributed by atoms with E-state index in [0.29, 0.717) is 13.1 Å². The number of nitrogens with one attached hydrogen (secondary N) is 3. The maximum atomic E-state index is 11.0. The Kier molecular flexibility index (Phi) is 4.27. The van der Waals surface area contributed by atoms with Crippen LogP contribution in [0.25, 0.3) is 0 Å². The van der Waals surface area contributed by atoms with Crippen LogP contribution in [0, 0.1) is 5.41 Å². The van der Waals surface area contributed by atoms with Crippen LogP contribution in [0.1, 0.15) is 6.92 Å². The van der Waals surface area contributed by atoms with Crippen LogP contribution in [0.2, 0.25) is 0 Å². The van der Waals surface area contributed by atoms with Gasteiger partial charge in [0, 0.05) is 20.0 Å². The number of carboxylic acid groups (broad SMARTS) is 1. The second-order valence-electron chi connectivity index (χ2n) is 4.06. The average Bonchev–Trinajstić information content (AvgIpc) is 2.44. The Morgan fingerprint density at radius 2 is 1.94 bits per heavy atom. The van der Waals surface area contributed by atoms with Crippen LogP contribution < -0.4 is 16.4 Å². The first-order chi connectivity index (χ1) is 7.88. The highest BCUT2D eigenvalue weighted by Gasteiger charge is 2.34. The molecule has 1 fully saturated rings. The smallest absolute Gasteiger partial charge is 0.317 e. The summed E-state index contributed by atoms with van der Waals surface area (Å²) in [5, 5.41) is 21.3. The van der Waals surface area contributed by atoms with Crippen molar-refractivity contribution in [2.45, 2.75) is 19.0 Å². The van der Waals surface area contributed by atoms with Crippen LogP contribution in [0.3, 0.4) is 0 Å². The Labute approximate surface area is 98.7 Å². The molecule has 1 saturated heterocycles. The summed E-state index contributed by atoms with van der Waals surface area (Å²) in [6.07, 6.45) is 0. The third-order valence-electron chi connectivity index (χ3n) is 2.48. The molecule has 8 heteroatoms. The monoisotopic (exact) mass is 243 g/mol. The SMILES string of the molecule is CC(=O)N[C@H]1CN(CC(=O)O)C[C@H]1NC(=N)N. The average molecular weight is 243 g/mol.